The van der Waals surface area contributed by atoms with Gasteiger partial charge < -0.3 is 24.7 Å². The molecule has 1 aliphatic rings. The predicted octanol–water partition coefficient (Wildman–Crippen LogP) is 6.67. The lowest BCUT2D eigenvalue weighted by atomic mass is 9.83. The monoisotopic (exact) mass is 552 g/mol. The standard InChI is InChI=1S/C32H25ClN2O5/c1-19-3-5-20(6-4-19)18-38-23-10-7-21(8-11-23)30-25-13-12-24(16-29(25)40-31(35)26(30)17-34)39-32(36)22-9-14-28(37-2)27(33)15-22/h3-16,30H,18,35H2,1-2H3. The van der Waals surface area contributed by atoms with Crippen LogP contribution in [0.3, 0.4) is 0 Å². The zero-order valence-corrected chi connectivity index (χ0v) is 22.6. The summed E-state index contributed by atoms with van der Waals surface area (Å²) in [4.78, 5) is 12.7. The lowest BCUT2D eigenvalue weighted by Crippen LogP contribution is -2.21. The van der Waals surface area contributed by atoms with Gasteiger partial charge in [0.1, 0.15) is 41.2 Å². The van der Waals surface area contributed by atoms with E-state index in [1.54, 1.807) is 30.3 Å². The molecule has 5 rings (SSSR count). The van der Waals surface area contributed by atoms with E-state index < -0.39 is 11.9 Å². The number of hydrogen-bond donors (Lipinski definition) is 1. The molecule has 2 N–H and O–H groups in total. The van der Waals surface area contributed by atoms with Crippen LogP contribution in [0.5, 0.6) is 23.0 Å². The number of methoxy groups -OCH3 is 1. The molecule has 0 fully saturated rings. The molecule has 4 aromatic rings. The number of carbonyl (C=O) groups is 1. The molecule has 1 aliphatic heterocycles. The zero-order chi connectivity index (χ0) is 28.2. The number of halogens is 1. The lowest BCUT2D eigenvalue weighted by Gasteiger charge is -2.26. The van der Waals surface area contributed by atoms with Crippen LogP contribution in [-0.4, -0.2) is 13.1 Å². The number of benzene rings is 4. The molecule has 0 aromatic heterocycles. The first-order chi connectivity index (χ1) is 19.4. The molecule has 1 unspecified atom stereocenters. The van der Waals surface area contributed by atoms with Gasteiger partial charge in [0.15, 0.2) is 0 Å². The number of nitriles is 1. The summed E-state index contributed by atoms with van der Waals surface area (Å²) in [5, 5.41) is 10.2. The zero-order valence-electron chi connectivity index (χ0n) is 21.8. The van der Waals surface area contributed by atoms with Gasteiger partial charge in [-0.1, -0.05) is 59.6 Å². The number of allylic oxidation sites excluding steroid dienone is 1. The van der Waals surface area contributed by atoms with Gasteiger partial charge in [0.2, 0.25) is 5.88 Å². The average molecular weight is 553 g/mol. The minimum atomic E-state index is -0.598. The number of esters is 1. The Morgan fingerprint density at radius 2 is 1.73 bits per heavy atom. The number of aryl methyl sites for hydroxylation is 1. The third kappa shape index (κ3) is 5.58. The van der Waals surface area contributed by atoms with E-state index in [-0.39, 0.29) is 17.2 Å². The predicted molar refractivity (Wildman–Crippen MR) is 151 cm³/mol. The number of nitrogens with zero attached hydrogens (tertiary/aromatic N) is 1. The fourth-order valence-electron chi connectivity index (χ4n) is 4.41. The number of rotatable bonds is 7. The number of hydrogen-bond acceptors (Lipinski definition) is 7. The van der Waals surface area contributed by atoms with E-state index in [9.17, 15) is 10.1 Å². The van der Waals surface area contributed by atoms with Gasteiger partial charge in [0.25, 0.3) is 0 Å². The molecule has 0 spiro atoms. The summed E-state index contributed by atoms with van der Waals surface area (Å²) in [5.41, 5.74) is 10.5. The van der Waals surface area contributed by atoms with Crippen LogP contribution in [0, 0.1) is 18.3 Å². The maximum atomic E-state index is 12.7. The summed E-state index contributed by atoms with van der Waals surface area (Å²) in [5.74, 6) is 0.719. The van der Waals surface area contributed by atoms with Crippen molar-refractivity contribution in [2.45, 2.75) is 19.4 Å². The minimum absolute atomic E-state index is 0.00916. The number of ether oxygens (including phenoxy) is 4. The number of fused-ring (bicyclic) bond motifs is 1. The van der Waals surface area contributed by atoms with Crippen LogP contribution in [0.15, 0.2) is 96.4 Å². The van der Waals surface area contributed by atoms with Gasteiger partial charge in [0.05, 0.1) is 23.6 Å². The van der Waals surface area contributed by atoms with Gasteiger partial charge in [-0.2, -0.15) is 5.26 Å². The summed E-state index contributed by atoms with van der Waals surface area (Å²) in [6.07, 6.45) is 0. The first-order valence-corrected chi connectivity index (χ1v) is 12.8. The molecular weight excluding hydrogens is 528 g/mol. The second kappa shape index (κ2) is 11.4. The Kier molecular flexibility index (Phi) is 7.63. The number of carbonyl (C=O) groups excluding carboxylic acids is 1. The summed E-state index contributed by atoms with van der Waals surface area (Å²) >= 11 is 6.14. The van der Waals surface area contributed by atoms with Gasteiger partial charge in [0, 0.05) is 11.6 Å². The maximum Gasteiger partial charge on any atom is 0.343 e. The molecule has 0 saturated carbocycles. The minimum Gasteiger partial charge on any atom is -0.495 e. The van der Waals surface area contributed by atoms with Gasteiger partial charge >= 0.3 is 5.97 Å². The molecule has 200 valence electrons. The van der Waals surface area contributed by atoms with E-state index in [1.807, 2.05) is 55.5 Å². The average Bonchev–Trinajstić information content (AvgIpc) is 2.96. The van der Waals surface area contributed by atoms with Crippen LogP contribution >= 0.6 is 11.6 Å². The van der Waals surface area contributed by atoms with Gasteiger partial charge in [-0.15, -0.1) is 0 Å². The molecule has 0 saturated heterocycles. The fourth-order valence-corrected chi connectivity index (χ4v) is 4.67. The van der Waals surface area contributed by atoms with E-state index in [0.29, 0.717) is 40.0 Å². The molecule has 0 radical (unpaired) electrons. The highest BCUT2D eigenvalue weighted by atomic mass is 35.5. The molecule has 1 heterocycles. The topological polar surface area (TPSA) is 104 Å². The highest BCUT2D eigenvalue weighted by Crippen LogP contribution is 2.43. The molecule has 0 amide bonds. The Morgan fingerprint density at radius 1 is 1.00 bits per heavy atom. The van der Waals surface area contributed by atoms with Crippen LogP contribution in [0.2, 0.25) is 5.02 Å². The van der Waals surface area contributed by atoms with E-state index in [1.165, 1.54) is 18.7 Å². The molecule has 1 atom stereocenters. The molecular formula is C32H25ClN2O5. The van der Waals surface area contributed by atoms with Crippen LogP contribution in [0.1, 0.15) is 38.5 Å². The SMILES string of the molecule is COc1ccc(C(=O)Oc2ccc3c(c2)OC(N)=C(C#N)C3c2ccc(OCc3ccc(C)cc3)cc2)cc1Cl. The summed E-state index contributed by atoms with van der Waals surface area (Å²) < 4.78 is 22.4. The largest absolute Gasteiger partial charge is 0.495 e. The Balaban J connectivity index is 1.36. The molecule has 7 nitrogen and oxygen atoms in total. The van der Waals surface area contributed by atoms with Crippen LogP contribution in [0.25, 0.3) is 0 Å². The maximum absolute atomic E-state index is 12.7. The Labute approximate surface area is 236 Å². The second-order valence-electron chi connectivity index (χ2n) is 9.21. The van der Waals surface area contributed by atoms with Crippen molar-refractivity contribution in [2.24, 2.45) is 5.73 Å². The van der Waals surface area contributed by atoms with Crippen molar-refractivity contribution in [3.8, 4) is 29.1 Å². The van der Waals surface area contributed by atoms with Crippen molar-refractivity contribution in [1.29, 1.82) is 5.26 Å². The van der Waals surface area contributed by atoms with E-state index in [0.717, 1.165) is 11.1 Å². The summed E-state index contributed by atoms with van der Waals surface area (Å²) in [7, 11) is 1.49. The first-order valence-electron chi connectivity index (χ1n) is 12.4. The van der Waals surface area contributed by atoms with E-state index in [4.69, 9.17) is 36.3 Å². The summed E-state index contributed by atoms with van der Waals surface area (Å²) in [6, 6.07) is 27.5. The Morgan fingerprint density at radius 3 is 2.40 bits per heavy atom. The van der Waals surface area contributed by atoms with Gasteiger partial charge in [-0.05, 0) is 54.4 Å². The van der Waals surface area contributed by atoms with Crippen molar-refractivity contribution in [1.82, 2.24) is 0 Å². The lowest BCUT2D eigenvalue weighted by molar-refractivity contribution is 0.0734. The van der Waals surface area contributed by atoms with Crippen molar-refractivity contribution in [3.63, 3.8) is 0 Å². The number of nitrogens with two attached hydrogens (primary N) is 1. The van der Waals surface area contributed by atoms with Gasteiger partial charge in [-0.25, -0.2) is 4.79 Å². The van der Waals surface area contributed by atoms with Crippen molar-refractivity contribution in [2.75, 3.05) is 7.11 Å². The third-order valence-electron chi connectivity index (χ3n) is 6.53. The third-order valence-corrected chi connectivity index (χ3v) is 6.82. The molecule has 40 heavy (non-hydrogen) atoms. The summed E-state index contributed by atoms with van der Waals surface area (Å²) in [6.45, 7) is 2.49. The van der Waals surface area contributed by atoms with Crippen LogP contribution in [0.4, 0.5) is 0 Å². The quantitative estimate of drug-likeness (QED) is 0.201. The molecule has 0 aliphatic carbocycles. The first kappa shape index (κ1) is 26.7. The Bertz CT molecular complexity index is 1640. The highest BCUT2D eigenvalue weighted by molar-refractivity contribution is 6.32. The van der Waals surface area contributed by atoms with Crippen molar-refractivity contribution >= 4 is 17.6 Å². The van der Waals surface area contributed by atoms with Crippen LogP contribution < -0.4 is 24.7 Å². The van der Waals surface area contributed by atoms with Gasteiger partial charge in [-0.3, -0.25) is 0 Å². The smallest absolute Gasteiger partial charge is 0.343 e. The highest BCUT2D eigenvalue weighted by Gasteiger charge is 2.31. The van der Waals surface area contributed by atoms with Crippen molar-refractivity contribution < 1.29 is 23.7 Å². The van der Waals surface area contributed by atoms with Crippen molar-refractivity contribution in [3.05, 3.63) is 129 Å². The molecule has 4 aromatic carbocycles. The Hall–Kier alpha value is -4.93. The van der Waals surface area contributed by atoms with E-state index in [2.05, 4.69) is 6.07 Å². The molecule has 0 bridgehead atoms. The van der Waals surface area contributed by atoms with Crippen LogP contribution in [-0.2, 0) is 6.61 Å². The molecule has 8 heteroatoms. The second-order valence-corrected chi connectivity index (χ2v) is 9.61. The van der Waals surface area contributed by atoms with E-state index >= 15 is 0 Å². The normalized spacial score (nSPS) is 14.0. The fraction of sp³-hybridized carbons (Fsp3) is 0.125.